The molecule has 1 saturated heterocycles. The van der Waals surface area contributed by atoms with E-state index in [-0.39, 0.29) is 36.4 Å². The maximum absolute atomic E-state index is 13.9. The van der Waals surface area contributed by atoms with Gasteiger partial charge in [-0.1, -0.05) is 12.1 Å². The van der Waals surface area contributed by atoms with E-state index in [1.807, 2.05) is 51.1 Å². The van der Waals surface area contributed by atoms with Gasteiger partial charge in [0.1, 0.15) is 22.8 Å². The summed E-state index contributed by atoms with van der Waals surface area (Å²) in [6, 6.07) is 20.3. The zero-order chi connectivity index (χ0) is 38.1. The van der Waals surface area contributed by atoms with Gasteiger partial charge in [0, 0.05) is 55.9 Å². The van der Waals surface area contributed by atoms with Crippen molar-refractivity contribution in [2.45, 2.75) is 45.8 Å². The number of benzene rings is 3. The number of carbonyl (C=O) groups is 2. The fourth-order valence-corrected chi connectivity index (χ4v) is 7.39. The zero-order valence-electron chi connectivity index (χ0n) is 30.3. The fraction of sp³-hybridized carbons (Fsp3) is 0.300. The van der Waals surface area contributed by atoms with Crippen LogP contribution in [0.3, 0.4) is 0 Å². The molecule has 6 aromatic rings. The molecule has 1 aliphatic heterocycles. The molecular weight excluding hydrogens is 714 g/mol. The molecule has 3 aromatic heterocycles. The van der Waals surface area contributed by atoms with Gasteiger partial charge in [-0.05, 0) is 117 Å². The average Bonchev–Trinajstić information content (AvgIpc) is 3.76. The first kappa shape index (κ1) is 36.7. The molecule has 280 valence electrons. The maximum atomic E-state index is 13.9. The Kier molecular flexibility index (Phi) is 10.2. The number of nitrogens with zero attached hydrogens (tertiary/aromatic N) is 4. The minimum atomic E-state index is -3.02. The van der Waals surface area contributed by atoms with E-state index in [0.29, 0.717) is 76.3 Å². The van der Waals surface area contributed by atoms with Gasteiger partial charge < -0.3 is 23.8 Å². The molecule has 3 aromatic carbocycles. The number of halogens is 1. The summed E-state index contributed by atoms with van der Waals surface area (Å²) in [5.41, 5.74) is 4.20. The van der Waals surface area contributed by atoms with Crippen LogP contribution in [0.5, 0.6) is 0 Å². The lowest BCUT2D eigenvalue weighted by atomic mass is 9.94. The summed E-state index contributed by atoms with van der Waals surface area (Å²) >= 11 is 0. The van der Waals surface area contributed by atoms with E-state index in [1.54, 1.807) is 29.3 Å². The van der Waals surface area contributed by atoms with E-state index < -0.39 is 28.2 Å². The SMILES string of the molecule is CNC(=O)c1c(-c2ccc(F)cc2)oc2cc(CN(CC3CCN(C(=O)OC(C)(C)C)CC3)[SH](=O)=O)c(-c3cccc(-c4nc5ncccc5o4)c3)cc12. The fourth-order valence-electron chi connectivity index (χ4n) is 6.76. The lowest BCUT2D eigenvalue weighted by Gasteiger charge is -2.34. The van der Waals surface area contributed by atoms with Gasteiger partial charge in [-0.3, -0.25) is 4.79 Å². The number of likely N-dealkylation sites (tertiary alicyclic amines) is 1. The van der Waals surface area contributed by atoms with Gasteiger partial charge in [-0.25, -0.2) is 22.6 Å². The van der Waals surface area contributed by atoms with E-state index in [1.165, 1.54) is 35.6 Å². The summed E-state index contributed by atoms with van der Waals surface area (Å²) in [5, 5.41) is 3.19. The monoisotopic (exact) mass is 753 g/mol. The molecule has 2 amide bonds. The first-order valence-corrected chi connectivity index (χ1v) is 18.8. The minimum Gasteiger partial charge on any atom is -0.455 e. The summed E-state index contributed by atoms with van der Waals surface area (Å²) < 4.78 is 59.0. The minimum absolute atomic E-state index is 0.00779. The van der Waals surface area contributed by atoms with Crippen LogP contribution in [0.15, 0.2) is 87.8 Å². The normalized spacial score (nSPS) is 14.0. The molecule has 0 saturated carbocycles. The van der Waals surface area contributed by atoms with Crippen molar-refractivity contribution in [3.63, 3.8) is 0 Å². The van der Waals surface area contributed by atoms with E-state index in [2.05, 4.69) is 15.3 Å². The standard InChI is InChI=1S/C40H40FN5O7S/c1-40(2,3)53-39(48)45-17-14-24(15-18-45)22-46(54(49)50)23-28-20-33-31(34(37(47)42-4)35(51-33)25-10-12-29(41)13-11-25)21-30(28)26-7-5-8-27(19-26)38-44-36-32(52-38)9-6-16-43-36/h5-13,16,19-21,24,54H,14-15,17-18,22-23H2,1-4H3,(H,42,47). The van der Waals surface area contributed by atoms with Crippen molar-refractivity contribution < 1.29 is 36.0 Å². The van der Waals surface area contributed by atoms with E-state index in [9.17, 15) is 22.4 Å². The lowest BCUT2D eigenvalue weighted by molar-refractivity contribution is 0.0177. The predicted octanol–water partition coefficient (Wildman–Crippen LogP) is 7.44. The van der Waals surface area contributed by atoms with Crippen LogP contribution in [-0.2, 0) is 22.2 Å². The Morgan fingerprint density at radius 2 is 1.70 bits per heavy atom. The molecule has 1 fully saturated rings. The van der Waals surface area contributed by atoms with Crippen LogP contribution in [0.4, 0.5) is 9.18 Å². The van der Waals surface area contributed by atoms with Gasteiger partial charge in [-0.15, -0.1) is 0 Å². The quantitative estimate of drug-likeness (QED) is 0.144. The topological polar surface area (TPSA) is 148 Å². The number of amides is 2. The highest BCUT2D eigenvalue weighted by molar-refractivity contribution is 7.69. The zero-order valence-corrected chi connectivity index (χ0v) is 31.2. The highest BCUT2D eigenvalue weighted by Gasteiger charge is 2.29. The summed E-state index contributed by atoms with van der Waals surface area (Å²) in [5.74, 6) is -0.209. The van der Waals surface area contributed by atoms with Crippen LogP contribution >= 0.6 is 0 Å². The average molecular weight is 754 g/mol. The first-order chi connectivity index (χ1) is 25.9. The second-order valence-corrected chi connectivity index (χ2v) is 15.4. The third-order valence-electron chi connectivity index (χ3n) is 9.38. The van der Waals surface area contributed by atoms with Crippen molar-refractivity contribution in [1.29, 1.82) is 0 Å². The molecule has 54 heavy (non-hydrogen) atoms. The summed E-state index contributed by atoms with van der Waals surface area (Å²) in [6.45, 7) is 6.63. The third-order valence-corrected chi connectivity index (χ3v) is 10.1. The van der Waals surface area contributed by atoms with Crippen LogP contribution in [0.2, 0.25) is 0 Å². The third kappa shape index (κ3) is 7.85. The number of nitrogens with one attached hydrogen (secondary N) is 1. The molecule has 0 atom stereocenters. The van der Waals surface area contributed by atoms with Crippen LogP contribution in [0.25, 0.3) is 56.1 Å². The molecule has 4 heterocycles. The van der Waals surface area contributed by atoms with Gasteiger partial charge in [0.05, 0.1) is 5.56 Å². The number of furan rings is 1. The van der Waals surface area contributed by atoms with Gasteiger partial charge >= 0.3 is 6.09 Å². The number of oxazole rings is 1. The second-order valence-electron chi connectivity index (χ2n) is 14.3. The Hall–Kier alpha value is -5.60. The maximum Gasteiger partial charge on any atom is 0.410 e. The van der Waals surface area contributed by atoms with Crippen molar-refractivity contribution in [3.05, 3.63) is 95.9 Å². The molecule has 14 heteroatoms. The van der Waals surface area contributed by atoms with Crippen molar-refractivity contribution >= 4 is 45.1 Å². The highest BCUT2D eigenvalue weighted by atomic mass is 32.2. The van der Waals surface area contributed by atoms with Crippen LogP contribution in [-0.4, -0.2) is 71.9 Å². The van der Waals surface area contributed by atoms with Crippen molar-refractivity contribution in [2.24, 2.45) is 5.92 Å². The Morgan fingerprint density at radius 1 is 0.963 bits per heavy atom. The number of piperidine rings is 1. The van der Waals surface area contributed by atoms with Crippen molar-refractivity contribution in [1.82, 2.24) is 24.5 Å². The van der Waals surface area contributed by atoms with Crippen molar-refractivity contribution in [2.75, 3.05) is 26.7 Å². The molecular formula is C40H40FN5O7S. The molecule has 1 aliphatic rings. The molecule has 7 rings (SSSR count). The number of carbonyl (C=O) groups excluding carboxylic acids is 2. The van der Waals surface area contributed by atoms with E-state index >= 15 is 0 Å². The van der Waals surface area contributed by atoms with Crippen molar-refractivity contribution in [3.8, 4) is 33.9 Å². The van der Waals surface area contributed by atoms with Crippen LogP contribution in [0.1, 0.15) is 49.5 Å². The summed E-state index contributed by atoms with van der Waals surface area (Å²) in [7, 11) is -1.50. The highest BCUT2D eigenvalue weighted by Crippen LogP contribution is 2.39. The van der Waals surface area contributed by atoms with Crippen LogP contribution < -0.4 is 5.32 Å². The molecule has 0 aliphatic carbocycles. The van der Waals surface area contributed by atoms with Gasteiger partial charge in [-0.2, -0.15) is 9.29 Å². The smallest absolute Gasteiger partial charge is 0.410 e. The van der Waals surface area contributed by atoms with Gasteiger partial charge in [0.25, 0.3) is 5.91 Å². The second kappa shape index (κ2) is 15.0. The Morgan fingerprint density at radius 3 is 2.39 bits per heavy atom. The Balaban J connectivity index is 1.28. The number of aromatic nitrogens is 2. The number of ether oxygens (including phenoxy) is 1. The summed E-state index contributed by atoms with van der Waals surface area (Å²) in [6.07, 6.45) is 2.48. The predicted molar refractivity (Wildman–Crippen MR) is 202 cm³/mol. The van der Waals surface area contributed by atoms with Crippen LogP contribution in [0, 0.1) is 11.7 Å². The molecule has 0 radical (unpaired) electrons. The number of fused-ring (bicyclic) bond motifs is 2. The number of thiol groups is 1. The Bertz CT molecular complexity index is 2380. The number of pyridine rings is 1. The van der Waals surface area contributed by atoms with E-state index in [0.717, 1.165) is 5.56 Å². The first-order valence-electron chi connectivity index (χ1n) is 17.6. The Labute approximate surface area is 313 Å². The summed E-state index contributed by atoms with van der Waals surface area (Å²) in [4.78, 5) is 36.6. The number of hydrogen-bond acceptors (Lipinski definition) is 9. The molecule has 0 unspecified atom stereocenters. The lowest BCUT2D eigenvalue weighted by Crippen LogP contribution is -2.43. The van der Waals surface area contributed by atoms with Gasteiger partial charge in [0.15, 0.2) is 11.2 Å². The molecule has 0 spiro atoms. The largest absolute Gasteiger partial charge is 0.455 e. The van der Waals surface area contributed by atoms with E-state index in [4.69, 9.17) is 13.6 Å². The molecule has 12 nitrogen and oxygen atoms in total. The molecule has 0 bridgehead atoms. The molecule has 1 N–H and O–H groups in total. The number of rotatable bonds is 9. The number of hydrogen-bond donors (Lipinski definition) is 2. The van der Waals surface area contributed by atoms with Gasteiger partial charge in [0.2, 0.25) is 16.8 Å².